The minimum Gasteiger partial charge on any atom is -0.477 e. The average molecular weight is 370 g/mol. The number of nitrogens with zero attached hydrogens (tertiary/aromatic N) is 2. The molecule has 0 bridgehead atoms. The van der Waals surface area contributed by atoms with Gasteiger partial charge in [-0.1, -0.05) is 6.07 Å². The number of carbonyl (C=O) groups is 2. The zero-order valence-corrected chi connectivity index (χ0v) is 15.0. The van der Waals surface area contributed by atoms with E-state index < -0.39 is 5.97 Å². The normalized spacial score (nSPS) is 16.0. The van der Waals surface area contributed by atoms with E-state index in [2.05, 4.69) is 31.2 Å². The van der Waals surface area contributed by atoms with Crippen LogP contribution in [0.5, 0.6) is 0 Å². The number of nitrogens with one attached hydrogen (secondary N) is 4. The molecule has 1 aromatic carbocycles. The first-order valence-corrected chi connectivity index (χ1v) is 8.71. The molecule has 2 heterocycles. The van der Waals surface area contributed by atoms with Gasteiger partial charge in [-0.3, -0.25) is 4.79 Å². The standard InChI is InChI=1S/C18H22N6O3/c1-11(25)22-13-3-2-4-14(7-13)23-18-21-10-15(17(26)27)16(24-18)20-9-12-5-6-19-8-12/h2-4,7,10,12,19H,5-6,8-9H2,1H3,(H,22,25)(H,26,27)(H2,20,21,23,24). The van der Waals surface area contributed by atoms with E-state index >= 15 is 0 Å². The highest BCUT2D eigenvalue weighted by Gasteiger charge is 2.18. The van der Waals surface area contributed by atoms with Crippen LogP contribution in [-0.4, -0.2) is 46.6 Å². The van der Waals surface area contributed by atoms with Crippen LogP contribution in [0, 0.1) is 5.92 Å². The lowest BCUT2D eigenvalue weighted by Crippen LogP contribution is -2.19. The third-order valence-electron chi connectivity index (χ3n) is 4.18. The van der Waals surface area contributed by atoms with Crippen LogP contribution in [0.4, 0.5) is 23.1 Å². The number of carboxylic acids is 1. The number of carbonyl (C=O) groups excluding carboxylic acids is 1. The van der Waals surface area contributed by atoms with Crippen molar-refractivity contribution >= 4 is 35.0 Å². The van der Waals surface area contributed by atoms with Crippen LogP contribution in [0.25, 0.3) is 0 Å². The van der Waals surface area contributed by atoms with Gasteiger partial charge in [0, 0.05) is 31.0 Å². The number of benzene rings is 1. The Balaban J connectivity index is 1.76. The van der Waals surface area contributed by atoms with E-state index in [9.17, 15) is 14.7 Å². The van der Waals surface area contributed by atoms with Gasteiger partial charge in [0.1, 0.15) is 11.4 Å². The summed E-state index contributed by atoms with van der Waals surface area (Å²) in [5.74, 6) is -0.257. The smallest absolute Gasteiger partial charge is 0.341 e. The molecule has 3 rings (SSSR count). The van der Waals surface area contributed by atoms with E-state index in [0.29, 0.717) is 23.8 Å². The Labute approximate surface area is 156 Å². The third kappa shape index (κ3) is 5.14. The Bertz CT molecular complexity index is 836. The molecule has 1 unspecified atom stereocenters. The largest absolute Gasteiger partial charge is 0.477 e. The second-order valence-electron chi connectivity index (χ2n) is 6.39. The number of aromatic carboxylic acids is 1. The highest BCUT2D eigenvalue weighted by atomic mass is 16.4. The average Bonchev–Trinajstić information content (AvgIpc) is 3.13. The Morgan fingerprint density at radius 3 is 2.85 bits per heavy atom. The summed E-state index contributed by atoms with van der Waals surface area (Å²) in [7, 11) is 0. The van der Waals surface area contributed by atoms with E-state index in [1.807, 2.05) is 0 Å². The summed E-state index contributed by atoms with van der Waals surface area (Å²) in [6.07, 6.45) is 2.33. The highest BCUT2D eigenvalue weighted by molar-refractivity contribution is 5.93. The molecule has 1 aliphatic rings. The number of aromatic nitrogens is 2. The number of carboxylic acid groups (broad SMARTS) is 1. The fraction of sp³-hybridized carbons (Fsp3) is 0.333. The molecule has 1 aromatic heterocycles. The first kappa shape index (κ1) is 18.6. The van der Waals surface area contributed by atoms with E-state index in [-0.39, 0.29) is 23.2 Å². The van der Waals surface area contributed by atoms with Crippen LogP contribution in [0.1, 0.15) is 23.7 Å². The van der Waals surface area contributed by atoms with E-state index in [4.69, 9.17) is 0 Å². The van der Waals surface area contributed by atoms with Gasteiger partial charge < -0.3 is 26.4 Å². The van der Waals surface area contributed by atoms with Gasteiger partial charge in [-0.25, -0.2) is 9.78 Å². The van der Waals surface area contributed by atoms with Gasteiger partial charge in [0.2, 0.25) is 11.9 Å². The lowest BCUT2D eigenvalue weighted by atomic mass is 10.1. The first-order chi connectivity index (χ1) is 13.0. The van der Waals surface area contributed by atoms with Gasteiger partial charge in [0.25, 0.3) is 0 Å². The summed E-state index contributed by atoms with van der Waals surface area (Å²) in [5.41, 5.74) is 1.34. The minimum absolute atomic E-state index is 0.0264. The molecule has 1 aliphatic heterocycles. The van der Waals surface area contributed by atoms with Crippen LogP contribution in [0.2, 0.25) is 0 Å². The monoisotopic (exact) mass is 370 g/mol. The van der Waals surface area contributed by atoms with Crippen LogP contribution in [0.15, 0.2) is 30.5 Å². The van der Waals surface area contributed by atoms with Crippen molar-refractivity contribution in [3.63, 3.8) is 0 Å². The summed E-state index contributed by atoms with van der Waals surface area (Å²) >= 11 is 0. The van der Waals surface area contributed by atoms with Gasteiger partial charge in [-0.15, -0.1) is 0 Å². The van der Waals surface area contributed by atoms with Gasteiger partial charge >= 0.3 is 5.97 Å². The number of hydrogen-bond acceptors (Lipinski definition) is 7. The van der Waals surface area contributed by atoms with E-state index in [1.54, 1.807) is 24.3 Å². The van der Waals surface area contributed by atoms with Gasteiger partial charge in [0.05, 0.1) is 0 Å². The summed E-state index contributed by atoms with van der Waals surface area (Å²) < 4.78 is 0. The van der Waals surface area contributed by atoms with E-state index in [1.165, 1.54) is 13.1 Å². The first-order valence-electron chi connectivity index (χ1n) is 8.71. The van der Waals surface area contributed by atoms with Gasteiger partial charge in [-0.05, 0) is 43.6 Å². The Morgan fingerprint density at radius 1 is 1.33 bits per heavy atom. The molecular formula is C18H22N6O3. The molecule has 142 valence electrons. The molecule has 0 radical (unpaired) electrons. The molecule has 9 nitrogen and oxygen atoms in total. The fourth-order valence-corrected chi connectivity index (χ4v) is 2.87. The molecular weight excluding hydrogens is 348 g/mol. The van der Waals surface area contributed by atoms with Crippen molar-refractivity contribution in [2.75, 3.05) is 35.6 Å². The van der Waals surface area contributed by atoms with Crippen molar-refractivity contribution in [3.8, 4) is 0 Å². The predicted octanol–water partition coefficient (Wildman–Crippen LogP) is 1.90. The number of rotatable bonds is 7. The summed E-state index contributed by atoms with van der Waals surface area (Å²) in [6.45, 7) is 3.95. The number of amides is 1. The lowest BCUT2D eigenvalue weighted by molar-refractivity contribution is -0.114. The summed E-state index contributed by atoms with van der Waals surface area (Å²) in [6, 6.07) is 7.10. The van der Waals surface area contributed by atoms with Gasteiger partial charge in [-0.2, -0.15) is 4.98 Å². The molecule has 27 heavy (non-hydrogen) atoms. The molecule has 0 aliphatic carbocycles. The molecule has 1 amide bonds. The quantitative estimate of drug-likeness (QED) is 0.500. The fourth-order valence-electron chi connectivity index (χ4n) is 2.87. The SMILES string of the molecule is CC(=O)Nc1cccc(Nc2ncc(C(=O)O)c(NCC3CCNC3)n2)c1. The van der Waals surface area contributed by atoms with Crippen molar-refractivity contribution in [2.24, 2.45) is 5.92 Å². The van der Waals surface area contributed by atoms with Crippen LogP contribution < -0.4 is 21.3 Å². The van der Waals surface area contributed by atoms with E-state index in [0.717, 1.165) is 19.5 Å². The molecule has 1 fully saturated rings. The molecule has 1 atom stereocenters. The second kappa shape index (κ2) is 8.45. The lowest BCUT2D eigenvalue weighted by Gasteiger charge is -2.14. The maximum absolute atomic E-state index is 11.4. The highest BCUT2D eigenvalue weighted by Crippen LogP contribution is 2.21. The van der Waals surface area contributed by atoms with Crippen LogP contribution in [-0.2, 0) is 4.79 Å². The topological polar surface area (TPSA) is 128 Å². The molecule has 0 saturated carbocycles. The maximum atomic E-state index is 11.4. The van der Waals surface area contributed by atoms with Crippen LogP contribution in [0.3, 0.4) is 0 Å². The number of anilines is 4. The Hall–Kier alpha value is -3.20. The molecule has 9 heteroatoms. The molecule has 2 aromatic rings. The summed E-state index contributed by atoms with van der Waals surface area (Å²) in [4.78, 5) is 31.0. The van der Waals surface area contributed by atoms with Gasteiger partial charge in [0.15, 0.2) is 0 Å². The zero-order valence-electron chi connectivity index (χ0n) is 15.0. The maximum Gasteiger partial charge on any atom is 0.341 e. The second-order valence-corrected chi connectivity index (χ2v) is 6.39. The predicted molar refractivity (Wildman–Crippen MR) is 102 cm³/mol. The molecule has 5 N–H and O–H groups in total. The Kier molecular flexibility index (Phi) is 5.82. The van der Waals surface area contributed by atoms with Crippen molar-refractivity contribution in [1.82, 2.24) is 15.3 Å². The van der Waals surface area contributed by atoms with Crippen LogP contribution >= 0.6 is 0 Å². The molecule has 0 spiro atoms. The third-order valence-corrected chi connectivity index (χ3v) is 4.18. The van der Waals surface area contributed by atoms with Crippen molar-refractivity contribution < 1.29 is 14.7 Å². The summed E-state index contributed by atoms with van der Waals surface area (Å²) in [5, 5.41) is 21.5. The van der Waals surface area contributed by atoms with Crippen molar-refractivity contribution in [1.29, 1.82) is 0 Å². The van der Waals surface area contributed by atoms with Crippen molar-refractivity contribution in [2.45, 2.75) is 13.3 Å². The Morgan fingerprint density at radius 2 is 2.15 bits per heavy atom. The zero-order chi connectivity index (χ0) is 19.2. The molecule has 1 saturated heterocycles. The minimum atomic E-state index is -1.08. The number of hydrogen-bond donors (Lipinski definition) is 5. The van der Waals surface area contributed by atoms with Crippen molar-refractivity contribution in [3.05, 3.63) is 36.0 Å².